The number of hydrogen-bond acceptors (Lipinski definition) is 5. The Labute approximate surface area is 164 Å². The number of hydrogen-bond donors (Lipinski definition) is 1. The van der Waals surface area contributed by atoms with E-state index in [-0.39, 0.29) is 5.91 Å². The Morgan fingerprint density at radius 2 is 1.96 bits per heavy atom. The van der Waals surface area contributed by atoms with E-state index in [2.05, 4.69) is 26.2 Å². The average molecular weight is 433 g/mol. The smallest absolute Gasteiger partial charge is 0.258 e. The van der Waals surface area contributed by atoms with Gasteiger partial charge in [-0.1, -0.05) is 0 Å². The Balaban J connectivity index is 1.80. The van der Waals surface area contributed by atoms with E-state index >= 15 is 0 Å². The van der Waals surface area contributed by atoms with Gasteiger partial charge in [0.15, 0.2) is 5.13 Å². The fraction of sp³-hybridized carbons (Fsp3) is 0.158. The Hall–Kier alpha value is -2.38. The molecule has 0 unspecified atom stereocenters. The van der Waals surface area contributed by atoms with Crippen LogP contribution in [0, 0.1) is 6.92 Å². The first-order chi connectivity index (χ1) is 12.5. The minimum atomic E-state index is -0.248. The number of nitrogens with one attached hydrogen (secondary N) is 1. The third kappa shape index (κ3) is 3.89. The minimum absolute atomic E-state index is 0.248. The molecule has 0 saturated carbocycles. The van der Waals surface area contributed by atoms with Gasteiger partial charge in [0.25, 0.3) is 5.91 Å². The number of benzene rings is 2. The number of amides is 1. The number of ether oxygens (including phenoxy) is 2. The van der Waals surface area contributed by atoms with Crippen molar-refractivity contribution >= 4 is 38.3 Å². The van der Waals surface area contributed by atoms with Crippen LogP contribution in [0.5, 0.6) is 11.5 Å². The van der Waals surface area contributed by atoms with Gasteiger partial charge in [-0.25, -0.2) is 4.98 Å². The van der Waals surface area contributed by atoms with Gasteiger partial charge in [-0.2, -0.15) is 0 Å². The van der Waals surface area contributed by atoms with E-state index in [0.717, 1.165) is 22.6 Å². The van der Waals surface area contributed by atoms with E-state index < -0.39 is 0 Å². The first-order valence-electron chi connectivity index (χ1n) is 7.77. The molecular weight excluding hydrogens is 416 g/mol. The second-order valence-electron chi connectivity index (χ2n) is 5.52. The lowest BCUT2D eigenvalue weighted by molar-refractivity contribution is 0.102. The third-order valence-electron chi connectivity index (χ3n) is 3.83. The summed E-state index contributed by atoms with van der Waals surface area (Å²) in [5, 5.41) is 5.29. The van der Waals surface area contributed by atoms with Crippen LogP contribution < -0.4 is 14.8 Å². The van der Waals surface area contributed by atoms with E-state index in [1.165, 1.54) is 11.3 Å². The number of anilines is 1. The average Bonchev–Trinajstić information content (AvgIpc) is 3.10. The first kappa shape index (κ1) is 18.4. The fourth-order valence-electron chi connectivity index (χ4n) is 2.47. The van der Waals surface area contributed by atoms with Crippen molar-refractivity contribution in [3.63, 3.8) is 0 Å². The van der Waals surface area contributed by atoms with Gasteiger partial charge >= 0.3 is 0 Å². The lowest BCUT2D eigenvalue weighted by Gasteiger charge is -2.07. The summed E-state index contributed by atoms with van der Waals surface area (Å²) in [7, 11) is 3.21. The molecule has 0 saturated heterocycles. The first-order valence-corrected chi connectivity index (χ1v) is 9.44. The van der Waals surface area contributed by atoms with Crippen molar-refractivity contribution in [1.29, 1.82) is 0 Å². The Morgan fingerprint density at radius 1 is 1.15 bits per heavy atom. The fourth-order valence-corrected chi connectivity index (χ4v) is 3.61. The van der Waals surface area contributed by atoms with Crippen molar-refractivity contribution in [3.8, 4) is 22.8 Å². The second-order valence-corrected chi connectivity index (χ2v) is 7.23. The van der Waals surface area contributed by atoms with E-state index in [4.69, 9.17) is 9.47 Å². The number of thiazole rings is 1. The Bertz CT molecular complexity index is 956. The van der Waals surface area contributed by atoms with Gasteiger partial charge in [-0.15, -0.1) is 11.3 Å². The van der Waals surface area contributed by atoms with Crippen molar-refractivity contribution < 1.29 is 14.3 Å². The summed E-state index contributed by atoms with van der Waals surface area (Å²) in [4.78, 5) is 17.1. The number of aromatic nitrogens is 1. The van der Waals surface area contributed by atoms with Gasteiger partial charge in [-0.05, 0) is 64.8 Å². The van der Waals surface area contributed by atoms with E-state index in [9.17, 15) is 4.79 Å². The molecule has 3 aromatic rings. The van der Waals surface area contributed by atoms with Gasteiger partial charge in [0, 0.05) is 15.4 Å². The van der Waals surface area contributed by atoms with E-state index in [1.807, 2.05) is 30.5 Å². The monoisotopic (exact) mass is 432 g/mol. The Kier molecular flexibility index (Phi) is 5.58. The SMILES string of the molecule is COc1ccc(Br)c(C(=O)Nc2nc(-c3ccc(OC)c(C)c3)cs2)c1. The van der Waals surface area contributed by atoms with Crippen LogP contribution in [0.1, 0.15) is 15.9 Å². The van der Waals surface area contributed by atoms with Crippen LogP contribution in [0.2, 0.25) is 0 Å². The number of aryl methyl sites for hydroxylation is 1. The van der Waals surface area contributed by atoms with Crippen LogP contribution in [-0.4, -0.2) is 25.1 Å². The number of carbonyl (C=O) groups excluding carboxylic acids is 1. The lowest BCUT2D eigenvalue weighted by Crippen LogP contribution is -2.12. The molecule has 2 aromatic carbocycles. The van der Waals surface area contributed by atoms with Crippen LogP contribution in [0.25, 0.3) is 11.3 Å². The maximum absolute atomic E-state index is 12.5. The number of rotatable bonds is 5. The molecule has 134 valence electrons. The lowest BCUT2D eigenvalue weighted by atomic mass is 10.1. The molecule has 0 radical (unpaired) electrons. The second kappa shape index (κ2) is 7.88. The standard InChI is InChI=1S/C19H17BrN2O3S/c1-11-8-12(4-7-17(11)25-3)16-10-26-19(21-16)22-18(23)14-9-13(24-2)5-6-15(14)20/h4-10H,1-3H3,(H,21,22,23). The molecule has 5 nitrogen and oxygen atoms in total. The van der Waals surface area contributed by atoms with Crippen LogP contribution in [0.3, 0.4) is 0 Å². The largest absolute Gasteiger partial charge is 0.497 e. The highest BCUT2D eigenvalue weighted by atomic mass is 79.9. The zero-order valence-electron chi connectivity index (χ0n) is 14.5. The minimum Gasteiger partial charge on any atom is -0.497 e. The molecule has 3 rings (SSSR count). The summed E-state index contributed by atoms with van der Waals surface area (Å²) in [5.74, 6) is 1.20. The molecule has 0 aliphatic heterocycles. The molecule has 1 N–H and O–H groups in total. The number of halogens is 1. The number of methoxy groups -OCH3 is 2. The molecule has 0 fully saturated rings. The maximum atomic E-state index is 12.5. The van der Waals surface area contributed by atoms with E-state index in [1.54, 1.807) is 32.4 Å². The summed E-state index contributed by atoms with van der Waals surface area (Å²) in [6, 6.07) is 11.1. The molecule has 1 amide bonds. The van der Waals surface area contributed by atoms with Crippen LogP contribution >= 0.6 is 27.3 Å². The highest BCUT2D eigenvalue weighted by molar-refractivity contribution is 9.10. The van der Waals surface area contributed by atoms with Crippen molar-refractivity contribution in [2.24, 2.45) is 0 Å². The summed E-state index contributed by atoms with van der Waals surface area (Å²) in [6.45, 7) is 1.98. The van der Waals surface area contributed by atoms with Crippen molar-refractivity contribution in [2.45, 2.75) is 6.92 Å². The molecular formula is C19H17BrN2O3S. The summed E-state index contributed by atoms with van der Waals surface area (Å²) < 4.78 is 11.2. The topological polar surface area (TPSA) is 60.5 Å². The van der Waals surface area contributed by atoms with Gasteiger partial charge in [0.2, 0.25) is 0 Å². The quantitative estimate of drug-likeness (QED) is 0.605. The summed E-state index contributed by atoms with van der Waals surface area (Å²) >= 11 is 4.77. The molecule has 26 heavy (non-hydrogen) atoms. The predicted molar refractivity (Wildman–Crippen MR) is 107 cm³/mol. The van der Waals surface area contributed by atoms with Gasteiger partial charge in [0.05, 0.1) is 25.5 Å². The maximum Gasteiger partial charge on any atom is 0.258 e. The normalized spacial score (nSPS) is 10.5. The van der Waals surface area contributed by atoms with Crippen LogP contribution in [0.4, 0.5) is 5.13 Å². The summed E-state index contributed by atoms with van der Waals surface area (Å²) in [5.41, 5.74) is 3.30. The number of nitrogens with zero attached hydrogens (tertiary/aromatic N) is 1. The molecule has 0 aliphatic carbocycles. The van der Waals surface area contributed by atoms with Crippen molar-refractivity contribution in [1.82, 2.24) is 4.98 Å². The van der Waals surface area contributed by atoms with Gasteiger partial charge in [0.1, 0.15) is 11.5 Å². The molecule has 0 bridgehead atoms. The molecule has 1 aromatic heterocycles. The van der Waals surface area contributed by atoms with Crippen molar-refractivity contribution in [3.05, 3.63) is 57.4 Å². The third-order valence-corrected chi connectivity index (χ3v) is 5.28. The molecule has 7 heteroatoms. The van der Waals surface area contributed by atoms with Crippen LogP contribution in [0.15, 0.2) is 46.3 Å². The van der Waals surface area contributed by atoms with Crippen LogP contribution in [-0.2, 0) is 0 Å². The Morgan fingerprint density at radius 3 is 2.65 bits per heavy atom. The molecule has 1 heterocycles. The zero-order chi connectivity index (χ0) is 18.7. The summed E-state index contributed by atoms with van der Waals surface area (Å²) in [6.07, 6.45) is 0. The molecule has 0 spiro atoms. The molecule has 0 aliphatic rings. The molecule has 0 atom stereocenters. The van der Waals surface area contributed by atoms with Crippen molar-refractivity contribution in [2.75, 3.05) is 19.5 Å². The predicted octanol–water partition coefficient (Wildman–Crippen LogP) is 5.15. The highest BCUT2D eigenvalue weighted by Crippen LogP contribution is 2.29. The zero-order valence-corrected chi connectivity index (χ0v) is 16.9. The highest BCUT2D eigenvalue weighted by Gasteiger charge is 2.14. The van der Waals surface area contributed by atoms with Gasteiger partial charge < -0.3 is 9.47 Å². The van der Waals surface area contributed by atoms with E-state index in [0.29, 0.717) is 20.9 Å². The van der Waals surface area contributed by atoms with Gasteiger partial charge in [-0.3, -0.25) is 10.1 Å². The number of carbonyl (C=O) groups is 1.